The first-order chi connectivity index (χ1) is 14.9. The van der Waals surface area contributed by atoms with Crippen LogP contribution < -0.4 is 10.6 Å². The zero-order valence-corrected chi connectivity index (χ0v) is 21.8. The van der Waals surface area contributed by atoms with Gasteiger partial charge in [-0.05, 0) is 39.8 Å². The van der Waals surface area contributed by atoms with E-state index in [0.717, 1.165) is 19.3 Å². The average molecular weight is 545 g/mol. The molecular weight excluding hydrogens is 496 g/mol. The molecule has 11 nitrogen and oxygen atoms in total. The van der Waals surface area contributed by atoms with Gasteiger partial charge in [0.1, 0.15) is 12.9 Å². The molecule has 1 aromatic heterocycles. The van der Waals surface area contributed by atoms with Crippen molar-refractivity contribution in [2.45, 2.75) is 65.5 Å². The summed E-state index contributed by atoms with van der Waals surface area (Å²) in [6.45, 7) is 0.354. The van der Waals surface area contributed by atoms with Crippen LogP contribution in [0.3, 0.4) is 0 Å². The van der Waals surface area contributed by atoms with Crippen LogP contribution in [0, 0.1) is 0 Å². The molecule has 210 valence electrons. The molecule has 1 rings (SSSR count). The molecule has 0 radical (unpaired) electrons. The number of aromatic nitrogens is 2. The molecule has 3 N–H and O–H groups in total. The van der Waals surface area contributed by atoms with Gasteiger partial charge in [0.05, 0.1) is 20.8 Å². The Balaban J connectivity index is -0.000000167. The van der Waals surface area contributed by atoms with E-state index in [1.165, 1.54) is 37.5 Å². The summed E-state index contributed by atoms with van der Waals surface area (Å²) in [4.78, 5) is 36.9. The summed E-state index contributed by atoms with van der Waals surface area (Å²) < 4.78 is 15.4. The monoisotopic (exact) mass is 544 g/mol. The van der Waals surface area contributed by atoms with E-state index in [-0.39, 0.29) is 79.1 Å². The van der Waals surface area contributed by atoms with Gasteiger partial charge in [0, 0.05) is 37.3 Å². The van der Waals surface area contributed by atoms with E-state index >= 15 is 0 Å². The van der Waals surface area contributed by atoms with Crippen LogP contribution in [-0.4, -0.2) is 86.3 Å². The van der Waals surface area contributed by atoms with Crippen LogP contribution in [0.1, 0.15) is 53.4 Å². The highest BCUT2D eigenvalue weighted by atomic mass is 32.1. The van der Waals surface area contributed by atoms with Gasteiger partial charge < -0.3 is 30.0 Å². The van der Waals surface area contributed by atoms with E-state index in [2.05, 4.69) is 25.1 Å². The fourth-order valence-electron chi connectivity index (χ4n) is 2.44. The Bertz CT molecular complexity index is 619. The smallest absolute Gasteiger partial charge is 0.419 e. The lowest BCUT2D eigenvalue weighted by Crippen LogP contribution is -2.32. The summed E-state index contributed by atoms with van der Waals surface area (Å²) in [5.74, 6) is -0.423. The van der Waals surface area contributed by atoms with Crippen LogP contribution in [0.4, 0.5) is 4.79 Å². The third kappa shape index (κ3) is 22.4. The second-order valence-corrected chi connectivity index (χ2v) is 6.64. The van der Waals surface area contributed by atoms with Crippen molar-refractivity contribution < 1.29 is 33.7 Å². The number of esters is 2. The number of rotatable bonds is 13. The van der Waals surface area contributed by atoms with Crippen molar-refractivity contribution in [1.29, 1.82) is 0 Å². The Morgan fingerprint density at radius 2 is 1.43 bits per heavy atom. The standard InChI is InChI=1S/C12H19N3O4.C8H17NO3.2CH4.2H2S/c1-13-10(4-3-5-11(16)18-2)8-19-12(17)15-7-6-14-9-15;1-9-7(6-10)4-3-5-8(11)12-2;;;;/h6-7,9-10,13H,3-5,8H2,1-2H3;7,9-10H,3-6H2,1-2H3;2*1H4;2*1H2/t10-;7-;;;;/m00..../s1. The van der Waals surface area contributed by atoms with Crippen LogP contribution >= 0.6 is 27.0 Å². The number of carbonyl (C=O) groups excluding carboxylic acids is 3. The van der Waals surface area contributed by atoms with Gasteiger partial charge in [-0.2, -0.15) is 27.0 Å². The molecular formula is C22H48N4O7S2. The van der Waals surface area contributed by atoms with Gasteiger partial charge in [-0.15, -0.1) is 0 Å². The number of imidazole rings is 1. The van der Waals surface area contributed by atoms with E-state index in [1.54, 1.807) is 14.1 Å². The summed E-state index contributed by atoms with van der Waals surface area (Å²) >= 11 is 0. The molecule has 0 aromatic carbocycles. The maximum absolute atomic E-state index is 11.6. The lowest BCUT2D eigenvalue weighted by molar-refractivity contribution is -0.141. The van der Waals surface area contributed by atoms with Crippen molar-refractivity contribution in [1.82, 2.24) is 20.2 Å². The van der Waals surface area contributed by atoms with E-state index in [9.17, 15) is 14.4 Å². The molecule has 0 fully saturated rings. The predicted octanol–water partition coefficient (Wildman–Crippen LogP) is 2.21. The summed E-state index contributed by atoms with van der Waals surface area (Å²) in [5.41, 5.74) is 0. The minimum absolute atomic E-state index is 0. The Kier molecular flexibility index (Phi) is 35.2. The van der Waals surface area contributed by atoms with E-state index in [1.807, 2.05) is 0 Å². The van der Waals surface area contributed by atoms with Crippen LogP contribution in [0.5, 0.6) is 0 Å². The van der Waals surface area contributed by atoms with Gasteiger partial charge in [0.2, 0.25) is 0 Å². The molecule has 0 saturated heterocycles. The number of hydrogen-bond donors (Lipinski definition) is 3. The van der Waals surface area contributed by atoms with Crippen molar-refractivity contribution in [2.24, 2.45) is 0 Å². The van der Waals surface area contributed by atoms with Gasteiger partial charge in [-0.1, -0.05) is 14.9 Å². The van der Waals surface area contributed by atoms with E-state index < -0.39 is 6.09 Å². The number of nitrogens with zero attached hydrogens (tertiary/aromatic N) is 2. The number of aliphatic hydroxyl groups is 1. The summed E-state index contributed by atoms with van der Waals surface area (Å²) in [5, 5.41) is 14.8. The van der Waals surface area contributed by atoms with Crippen LogP contribution in [0.25, 0.3) is 0 Å². The highest BCUT2D eigenvalue weighted by Gasteiger charge is 2.12. The SMILES string of the molecule is C.C.CN[C@@H](CCCC(=O)OC)COC(=O)n1ccnc1.CN[C@H](CO)CCCC(=O)OC.S.S. The molecule has 13 heteroatoms. The lowest BCUT2D eigenvalue weighted by Gasteiger charge is -2.15. The topological polar surface area (TPSA) is 141 Å². The second kappa shape index (κ2) is 28.4. The Hall–Kier alpha value is -1.80. The third-order valence-electron chi connectivity index (χ3n) is 4.48. The van der Waals surface area contributed by atoms with Crippen LogP contribution in [-0.2, 0) is 23.8 Å². The first-order valence-corrected chi connectivity index (χ1v) is 10.2. The van der Waals surface area contributed by atoms with E-state index in [4.69, 9.17) is 9.84 Å². The number of likely N-dealkylation sites (N-methyl/N-ethyl adjacent to an activating group) is 2. The molecule has 0 unspecified atom stereocenters. The summed E-state index contributed by atoms with van der Waals surface area (Å²) in [6, 6.07) is 0.104. The Labute approximate surface area is 224 Å². The van der Waals surface area contributed by atoms with Crippen molar-refractivity contribution in [2.75, 3.05) is 41.5 Å². The molecule has 0 aliphatic rings. The maximum Gasteiger partial charge on any atom is 0.419 e. The molecule has 35 heavy (non-hydrogen) atoms. The molecule has 0 bridgehead atoms. The minimum Gasteiger partial charge on any atom is -0.469 e. The fourth-order valence-corrected chi connectivity index (χ4v) is 2.44. The van der Waals surface area contributed by atoms with Crippen molar-refractivity contribution >= 4 is 45.0 Å². The molecule has 0 amide bonds. The minimum atomic E-state index is -0.467. The lowest BCUT2D eigenvalue weighted by atomic mass is 10.1. The molecule has 2 atom stereocenters. The summed E-state index contributed by atoms with van der Waals surface area (Å²) in [6.07, 6.45) is 7.68. The zero-order valence-electron chi connectivity index (χ0n) is 19.8. The second-order valence-electron chi connectivity index (χ2n) is 6.64. The largest absolute Gasteiger partial charge is 0.469 e. The van der Waals surface area contributed by atoms with Crippen molar-refractivity contribution in [3.05, 3.63) is 18.7 Å². The molecule has 0 aliphatic carbocycles. The molecule has 1 aromatic rings. The molecule has 1 heterocycles. The number of nitrogens with one attached hydrogen (secondary N) is 2. The maximum atomic E-state index is 11.6. The van der Waals surface area contributed by atoms with Gasteiger partial charge in [-0.25, -0.2) is 14.3 Å². The number of ether oxygens (including phenoxy) is 3. The zero-order chi connectivity index (χ0) is 23.5. The Morgan fingerprint density at radius 3 is 1.80 bits per heavy atom. The third-order valence-corrected chi connectivity index (χ3v) is 4.48. The summed E-state index contributed by atoms with van der Waals surface area (Å²) in [7, 11) is 6.32. The highest BCUT2D eigenvalue weighted by Crippen LogP contribution is 2.04. The highest BCUT2D eigenvalue weighted by molar-refractivity contribution is 7.59. The average Bonchev–Trinajstić information content (AvgIpc) is 3.34. The predicted molar refractivity (Wildman–Crippen MR) is 148 cm³/mol. The first-order valence-electron chi connectivity index (χ1n) is 10.2. The number of carbonyl (C=O) groups is 3. The molecule has 0 aliphatic heterocycles. The molecule has 0 spiro atoms. The fraction of sp³-hybridized carbons (Fsp3) is 0.727. The number of hydrogen-bond acceptors (Lipinski definition) is 10. The van der Waals surface area contributed by atoms with Crippen LogP contribution in [0.15, 0.2) is 18.7 Å². The quantitative estimate of drug-likeness (QED) is 0.250. The van der Waals surface area contributed by atoms with Gasteiger partial charge >= 0.3 is 18.0 Å². The van der Waals surface area contributed by atoms with Gasteiger partial charge in [0.25, 0.3) is 0 Å². The number of aliphatic hydroxyl groups excluding tert-OH is 1. The van der Waals surface area contributed by atoms with E-state index in [0.29, 0.717) is 19.3 Å². The normalized spacial score (nSPS) is 10.8. The van der Waals surface area contributed by atoms with Gasteiger partial charge in [0.15, 0.2) is 0 Å². The van der Waals surface area contributed by atoms with Crippen molar-refractivity contribution in [3.8, 4) is 0 Å². The Morgan fingerprint density at radius 1 is 0.943 bits per heavy atom. The van der Waals surface area contributed by atoms with Crippen molar-refractivity contribution in [3.63, 3.8) is 0 Å². The van der Waals surface area contributed by atoms with Crippen LogP contribution in [0.2, 0.25) is 0 Å². The molecule has 0 saturated carbocycles. The first kappa shape index (κ1) is 43.3. The number of methoxy groups -OCH3 is 2. The van der Waals surface area contributed by atoms with Gasteiger partial charge in [-0.3, -0.25) is 9.59 Å².